The molecule has 0 aromatic heterocycles. The first kappa shape index (κ1) is 15.1. The number of rotatable bonds is 5. The Hall–Kier alpha value is -1.86. The Bertz CT molecular complexity index is 613. The van der Waals surface area contributed by atoms with Crippen molar-refractivity contribution in [1.29, 1.82) is 0 Å². The molecule has 0 atom stereocenters. The maximum absolute atomic E-state index is 5.78. The zero-order valence-corrected chi connectivity index (χ0v) is 13.1. The van der Waals surface area contributed by atoms with Gasteiger partial charge in [-0.1, -0.05) is 67.1 Å². The number of hydrogen-bond donors (Lipinski definition) is 0. The summed E-state index contributed by atoms with van der Waals surface area (Å²) in [5.74, 6) is 0. The minimum absolute atomic E-state index is 0.659. The topological polar surface area (TPSA) is 9.23 Å². The fourth-order valence-corrected chi connectivity index (χ4v) is 3.05. The molecule has 3 rings (SSSR count). The van der Waals surface area contributed by atoms with Crippen molar-refractivity contribution in [2.24, 2.45) is 0 Å². The molecule has 22 heavy (non-hydrogen) atoms. The van der Waals surface area contributed by atoms with Crippen molar-refractivity contribution in [2.45, 2.75) is 38.7 Å². The summed E-state index contributed by atoms with van der Waals surface area (Å²) < 4.78 is 5.78. The molecule has 1 nitrogen and oxygen atoms in total. The lowest BCUT2D eigenvalue weighted by atomic mass is 10.0. The maximum atomic E-state index is 5.78. The van der Waals surface area contributed by atoms with Gasteiger partial charge in [0.2, 0.25) is 0 Å². The smallest absolute Gasteiger partial charge is 0.0721 e. The maximum Gasteiger partial charge on any atom is 0.0721 e. The fourth-order valence-electron chi connectivity index (χ4n) is 3.05. The van der Waals surface area contributed by atoms with Crippen molar-refractivity contribution in [3.8, 4) is 0 Å². The summed E-state index contributed by atoms with van der Waals surface area (Å²) in [5, 5.41) is 0. The van der Waals surface area contributed by atoms with E-state index in [-0.39, 0.29) is 0 Å². The third-order valence-electron chi connectivity index (χ3n) is 4.26. The number of fused-ring (bicyclic) bond motifs is 1. The second kappa shape index (κ2) is 7.95. The van der Waals surface area contributed by atoms with Gasteiger partial charge < -0.3 is 4.74 Å². The highest BCUT2D eigenvalue weighted by molar-refractivity contribution is 5.48. The standard InChI is InChI=1S/C21H24O/c1-3-8-18(9-4-1)10-7-15-22-17-19-13-14-20-11-5-2-6-12-21(20)16-19/h1,3-4,7-10,13-14,16H,2,5-6,11-12,15,17H2/b10-7+. The van der Waals surface area contributed by atoms with E-state index in [1.54, 1.807) is 11.1 Å². The molecule has 1 aliphatic carbocycles. The Morgan fingerprint density at radius 2 is 1.68 bits per heavy atom. The molecular weight excluding hydrogens is 268 g/mol. The van der Waals surface area contributed by atoms with E-state index in [1.807, 2.05) is 6.07 Å². The largest absolute Gasteiger partial charge is 0.373 e. The summed E-state index contributed by atoms with van der Waals surface area (Å²) in [7, 11) is 0. The van der Waals surface area contributed by atoms with Gasteiger partial charge in [-0.25, -0.2) is 0 Å². The molecule has 1 aliphatic rings. The lowest BCUT2D eigenvalue weighted by Crippen LogP contribution is -1.97. The Kier molecular flexibility index (Phi) is 5.44. The highest BCUT2D eigenvalue weighted by atomic mass is 16.5. The summed E-state index contributed by atoms with van der Waals surface area (Å²) in [5.41, 5.74) is 5.61. The first-order chi connectivity index (χ1) is 10.9. The molecule has 1 heteroatoms. The van der Waals surface area contributed by atoms with Gasteiger partial charge in [0.15, 0.2) is 0 Å². The van der Waals surface area contributed by atoms with Crippen LogP contribution in [0.4, 0.5) is 0 Å². The van der Waals surface area contributed by atoms with Crippen LogP contribution in [0, 0.1) is 0 Å². The number of ether oxygens (including phenoxy) is 1. The average Bonchev–Trinajstić information content (AvgIpc) is 2.80. The highest BCUT2D eigenvalue weighted by Crippen LogP contribution is 2.22. The molecule has 114 valence electrons. The Balaban J connectivity index is 1.49. The normalized spacial score (nSPS) is 14.7. The molecule has 2 aromatic carbocycles. The van der Waals surface area contributed by atoms with Crippen molar-refractivity contribution in [3.63, 3.8) is 0 Å². The van der Waals surface area contributed by atoms with Crippen molar-refractivity contribution in [3.05, 3.63) is 76.9 Å². The first-order valence-corrected chi connectivity index (χ1v) is 8.32. The third kappa shape index (κ3) is 4.32. The van der Waals surface area contributed by atoms with Crippen LogP contribution in [0.15, 0.2) is 54.6 Å². The molecule has 0 saturated carbocycles. The summed E-state index contributed by atoms with van der Waals surface area (Å²) in [6.45, 7) is 1.36. The van der Waals surface area contributed by atoms with E-state index >= 15 is 0 Å². The lowest BCUT2D eigenvalue weighted by Gasteiger charge is -2.09. The molecular formula is C21H24O. The second-order valence-corrected chi connectivity index (χ2v) is 5.99. The molecule has 0 fully saturated rings. The number of benzene rings is 2. The monoisotopic (exact) mass is 292 g/mol. The number of aryl methyl sites for hydroxylation is 2. The molecule has 0 aliphatic heterocycles. The van der Waals surface area contributed by atoms with Crippen LogP contribution < -0.4 is 0 Å². The van der Waals surface area contributed by atoms with E-state index < -0.39 is 0 Å². The predicted octanol–water partition coefficient (Wildman–Crippen LogP) is 5.19. The molecule has 0 bridgehead atoms. The highest BCUT2D eigenvalue weighted by Gasteiger charge is 2.08. The van der Waals surface area contributed by atoms with Gasteiger partial charge in [-0.3, -0.25) is 0 Å². The van der Waals surface area contributed by atoms with Gasteiger partial charge in [-0.15, -0.1) is 0 Å². The molecule has 0 amide bonds. The fraction of sp³-hybridized carbons (Fsp3) is 0.333. The molecule has 0 radical (unpaired) electrons. The lowest BCUT2D eigenvalue weighted by molar-refractivity contribution is 0.149. The molecule has 0 N–H and O–H groups in total. The Morgan fingerprint density at radius 3 is 2.55 bits per heavy atom. The Labute approximate surface area is 133 Å². The van der Waals surface area contributed by atoms with Crippen LogP contribution in [-0.4, -0.2) is 6.61 Å². The van der Waals surface area contributed by atoms with E-state index in [9.17, 15) is 0 Å². The molecule has 0 heterocycles. The van der Waals surface area contributed by atoms with Crippen molar-refractivity contribution >= 4 is 6.08 Å². The molecule has 2 aromatic rings. The van der Waals surface area contributed by atoms with E-state index in [2.05, 4.69) is 54.6 Å². The van der Waals surface area contributed by atoms with E-state index in [0.29, 0.717) is 13.2 Å². The van der Waals surface area contributed by atoms with Crippen LogP contribution in [0.2, 0.25) is 0 Å². The van der Waals surface area contributed by atoms with E-state index in [0.717, 1.165) is 0 Å². The summed E-state index contributed by atoms with van der Waals surface area (Å²) in [6.07, 6.45) is 10.7. The molecule has 0 spiro atoms. The Morgan fingerprint density at radius 1 is 0.864 bits per heavy atom. The molecule has 0 unspecified atom stereocenters. The minimum atomic E-state index is 0.659. The van der Waals surface area contributed by atoms with Crippen molar-refractivity contribution in [1.82, 2.24) is 0 Å². The SMILES string of the molecule is C(=C\c1ccccc1)/COCc1ccc2c(c1)CCCCC2. The molecule has 0 saturated heterocycles. The minimum Gasteiger partial charge on any atom is -0.373 e. The summed E-state index contributed by atoms with van der Waals surface area (Å²) in [6, 6.07) is 17.2. The van der Waals surface area contributed by atoms with Gasteiger partial charge in [-0.2, -0.15) is 0 Å². The van der Waals surface area contributed by atoms with Gasteiger partial charge in [-0.05, 0) is 47.9 Å². The third-order valence-corrected chi connectivity index (χ3v) is 4.26. The second-order valence-electron chi connectivity index (χ2n) is 5.99. The van der Waals surface area contributed by atoms with Crippen LogP contribution in [-0.2, 0) is 24.2 Å². The summed E-state index contributed by atoms with van der Waals surface area (Å²) >= 11 is 0. The van der Waals surface area contributed by atoms with Gasteiger partial charge >= 0.3 is 0 Å². The van der Waals surface area contributed by atoms with E-state index in [4.69, 9.17) is 4.74 Å². The van der Waals surface area contributed by atoms with Gasteiger partial charge in [0.05, 0.1) is 13.2 Å². The zero-order valence-electron chi connectivity index (χ0n) is 13.1. The van der Waals surface area contributed by atoms with Crippen LogP contribution in [0.3, 0.4) is 0 Å². The quantitative estimate of drug-likeness (QED) is 0.544. The van der Waals surface area contributed by atoms with Crippen molar-refractivity contribution < 1.29 is 4.74 Å². The van der Waals surface area contributed by atoms with Crippen LogP contribution >= 0.6 is 0 Å². The van der Waals surface area contributed by atoms with Gasteiger partial charge in [0, 0.05) is 0 Å². The zero-order chi connectivity index (χ0) is 15.0. The van der Waals surface area contributed by atoms with Crippen LogP contribution in [0.5, 0.6) is 0 Å². The average molecular weight is 292 g/mol. The van der Waals surface area contributed by atoms with E-state index in [1.165, 1.54) is 43.2 Å². The van der Waals surface area contributed by atoms with Gasteiger partial charge in [0.1, 0.15) is 0 Å². The predicted molar refractivity (Wildman–Crippen MR) is 92.8 cm³/mol. The van der Waals surface area contributed by atoms with Gasteiger partial charge in [0.25, 0.3) is 0 Å². The summed E-state index contributed by atoms with van der Waals surface area (Å²) in [4.78, 5) is 0. The van der Waals surface area contributed by atoms with Crippen LogP contribution in [0.25, 0.3) is 6.08 Å². The first-order valence-electron chi connectivity index (χ1n) is 8.32. The van der Waals surface area contributed by atoms with Crippen LogP contribution in [0.1, 0.15) is 41.5 Å². The van der Waals surface area contributed by atoms with Crippen molar-refractivity contribution in [2.75, 3.05) is 6.61 Å². The number of hydrogen-bond acceptors (Lipinski definition) is 1.